The zero-order valence-corrected chi connectivity index (χ0v) is 41.1. The third-order valence-corrected chi connectivity index (χ3v) is 10.9. The number of rotatable bonds is 46. The molecule has 6 heteroatoms. The summed E-state index contributed by atoms with van der Waals surface area (Å²) >= 11 is 0. The minimum absolute atomic E-state index is 0.0978. The van der Waals surface area contributed by atoms with Gasteiger partial charge >= 0.3 is 17.9 Å². The molecule has 0 aromatic heterocycles. The van der Waals surface area contributed by atoms with Crippen LogP contribution in [0.15, 0.2) is 85.1 Å². The van der Waals surface area contributed by atoms with Crippen LogP contribution in [0.3, 0.4) is 0 Å². The number of carbonyl (C=O) groups excluding carboxylic acids is 3. The lowest BCUT2D eigenvalue weighted by Gasteiger charge is -2.18. The predicted octanol–water partition coefficient (Wildman–Crippen LogP) is 17.2. The quantitative estimate of drug-likeness (QED) is 0.0262. The highest BCUT2D eigenvalue weighted by atomic mass is 16.6. The summed E-state index contributed by atoms with van der Waals surface area (Å²) in [6.45, 7) is 6.43. The molecule has 0 aliphatic carbocycles. The third-order valence-electron chi connectivity index (χ3n) is 10.9. The van der Waals surface area contributed by atoms with E-state index in [4.69, 9.17) is 14.2 Å². The highest BCUT2D eigenvalue weighted by Gasteiger charge is 2.19. The molecule has 0 aromatic carbocycles. The van der Waals surface area contributed by atoms with Crippen molar-refractivity contribution in [3.05, 3.63) is 85.1 Å². The van der Waals surface area contributed by atoms with Crippen LogP contribution >= 0.6 is 0 Å². The summed E-state index contributed by atoms with van der Waals surface area (Å²) < 4.78 is 16.8. The maximum Gasteiger partial charge on any atom is 0.306 e. The summed E-state index contributed by atoms with van der Waals surface area (Å²) in [4.78, 5) is 38.0. The highest BCUT2D eigenvalue weighted by Crippen LogP contribution is 2.13. The predicted molar refractivity (Wildman–Crippen MR) is 270 cm³/mol. The summed E-state index contributed by atoms with van der Waals surface area (Å²) in [6, 6.07) is 0. The monoisotopic (exact) mass is 877 g/mol. The Morgan fingerprint density at radius 3 is 1.05 bits per heavy atom. The average molecular weight is 877 g/mol. The number of ether oxygens (including phenoxy) is 3. The largest absolute Gasteiger partial charge is 0.462 e. The Balaban J connectivity index is 4.48. The van der Waals surface area contributed by atoms with Gasteiger partial charge in [0.05, 0.1) is 0 Å². The Hall–Kier alpha value is -3.41. The Bertz CT molecular complexity index is 1240. The Labute approximate surface area is 388 Å². The Morgan fingerprint density at radius 1 is 0.333 bits per heavy atom. The first kappa shape index (κ1) is 59.6. The van der Waals surface area contributed by atoms with Crippen LogP contribution in [0.4, 0.5) is 0 Å². The Kier molecular flexibility index (Phi) is 48.5. The van der Waals surface area contributed by atoms with E-state index in [2.05, 4.69) is 106 Å². The second kappa shape index (κ2) is 51.2. The molecule has 0 spiro atoms. The normalized spacial score (nSPS) is 12.7. The van der Waals surface area contributed by atoms with Crippen molar-refractivity contribution in [1.29, 1.82) is 0 Å². The molecule has 0 bridgehead atoms. The zero-order chi connectivity index (χ0) is 45.8. The maximum atomic E-state index is 12.8. The fourth-order valence-electron chi connectivity index (χ4n) is 6.93. The number of carbonyl (C=O) groups is 3. The van der Waals surface area contributed by atoms with Gasteiger partial charge in [0.1, 0.15) is 13.2 Å². The molecule has 360 valence electrons. The van der Waals surface area contributed by atoms with Gasteiger partial charge < -0.3 is 14.2 Å². The number of hydrogen-bond acceptors (Lipinski definition) is 6. The summed E-state index contributed by atoms with van der Waals surface area (Å²) in [7, 11) is 0. The first-order valence-corrected chi connectivity index (χ1v) is 26.1. The topological polar surface area (TPSA) is 78.9 Å². The summed E-state index contributed by atoms with van der Waals surface area (Å²) in [5.41, 5.74) is 0. The molecular weight excluding hydrogens is 781 g/mol. The van der Waals surface area contributed by atoms with Crippen LogP contribution in [0, 0.1) is 0 Å². The fraction of sp³-hybridized carbons (Fsp3) is 0.702. The summed E-state index contributed by atoms with van der Waals surface area (Å²) in [5, 5.41) is 0. The van der Waals surface area contributed by atoms with Crippen molar-refractivity contribution in [1.82, 2.24) is 0 Å². The first-order chi connectivity index (χ1) is 31.0. The molecule has 63 heavy (non-hydrogen) atoms. The van der Waals surface area contributed by atoms with Crippen LogP contribution in [0.2, 0.25) is 0 Å². The van der Waals surface area contributed by atoms with E-state index in [0.29, 0.717) is 19.3 Å². The van der Waals surface area contributed by atoms with E-state index in [0.717, 1.165) is 103 Å². The molecule has 6 nitrogen and oxygen atoms in total. The fourth-order valence-corrected chi connectivity index (χ4v) is 6.93. The molecule has 0 aliphatic rings. The molecule has 0 fully saturated rings. The third kappa shape index (κ3) is 49.5. The van der Waals surface area contributed by atoms with Gasteiger partial charge in [0.15, 0.2) is 6.10 Å². The molecular formula is C57H96O6. The van der Waals surface area contributed by atoms with Crippen LogP contribution < -0.4 is 0 Å². The smallest absolute Gasteiger partial charge is 0.306 e. The molecule has 0 heterocycles. The van der Waals surface area contributed by atoms with Crippen molar-refractivity contribution < 1.29 is 28.6 Å². The van der Waals surface area contributed by atoms with Crippen LogP contribution in [0.5, 0.6) is 0 Å². The molecule has 0 rings (SSSR count). The number of hydrogen-bond donors (Lipinski definition) is 0. The molecule has 0 unspecified atom stereocenters. The van der Waals surface area contributed by atoms with Crippen LogP contribution in [0.1, 0.15) is 239 Å². The lowest BCUT2D eigenvalue weighted by molar-refractivity contribution is -0.167. The summed E-state index contributed by atoms with van der Waals surface area (Å²) in [6.07, 6.45) is 65.6. The SMILES string of the molecule is CC/C=C\C/C=C\C/C=C\C/C=C\CCCCC(=O)OC[C@H](COC(=O)CCCCCCC/C=C\CCCCCC)OC(=O)CCCCCCCCC/C=C\C/C=C\CCCCC. The molecule has 0 aromatic rings. The lowest BCUT2D eigenvalue weighted by Crippen LogP contribution is -2.30. The van der Waals surface area contributed by atoms with Gasteiger partial charge in [-0.25, -0.2) is 0 Å². The van der Waals surface area contributed by atoms with Gasteiger partial charge in [-0.1, -0.05) is 189 Å². The van der Waals surface area contributed by atoms with E-state index in [1.807, 2.05) is 0 Å². The van der Waals surface area contributed by atoms with E-state index in [1.54, 1.807) is 0 Å². The van der Waals surface area contributed by atoms with E-state index in [1.165, 1.54) is 96.3 Å². The Morgan fingerprint density at radius 2 is 0.619 bits per heavy atom. The van der Waals surface area contributed by atoms with E-state index in [-0.39, 0.29) is 31.1 Å². The summed E-state index contributed by atoms with van der Waals surface area (Å²) in [5.74, 6) is -0.958. The van der Waals surface area contributed by atoms with Crippen molar-refractivity contribution >= 4 is 17.9 Å². The lowest BCUT2D eigenvalue weighted by atomic mass is 10.1. The van der Waals surface area contributed by atoms with Gasteiger partial charge in [-0.05, 0) is 116 Å². The standard InChI is InChI=1S/C57H96O6/c1-4-7-10-13-16-19-22-25-27-28-30-33-36-39-42-45-48-51-57(60)63-54(52-61-55(58)49-46-43-40-37-34-31-24-21-18-15-12-9-6-3)53-62-56(59)50-47-44-41-38-35-32-29-26-23-20-17-14-11-8-5-2/h8,11,16-17,19-21,24-27,29,35,38,54H,4-7,9-10,12-15,18,22-23,28,30-34,36-37,39-53H2,1-3H3/b11-8-,19-16-,20-17-,24-21-,27-25-,29-26-,38-35-/t54-/m0/s1. The minimum atomic E-state index is -0.801. The molecule has 0 amide bonds. The average Bonchev–Trinajstić information content (AvgIpc) is 3.28. The molecule has 0 N–H and O–H groups in total. The van der Waals surface area contributed by atoms with Crippen LogP contribution in [-0.2, 0) is 28.6 Å². The van der Waals surface area contributed by atoms with E-state index < -0.39 is 6.10 Å². The molecule has 0 saturated carbocycles. The minimum Gasteiger partial charge on any atom is -0.462 e. The van der Waals surface area contributed by atoms with Crippen molar-refractivity contribution in [2.24, 2.45) is 0 Å². The van der Waals surface area contributed by atoms with E-state index in [9.17, 15) is 14.4 Å². The number of esters is 3. The van der Waals surface area contributed by atoms with Gasteiger partial charge in [-0.15, -0.1) is 0 Å². The van der Waals surface area contributed by atoms with Gasteiger partial charge in [0, 0.05) is 19.3 Å². The first-order valence-electron chi connectivity index (χ1n) is 26.1. The van der Waals surface area contributed by atoms with Crippen molar-refractivity contribution in [3.63, 3.8) is 0 Å². The van der Waals surface area contributed by atoms with Crippen molar-refractivity contribution in [2.45, 2.75) is 245 Å². The van der Waals surface area contributed by atoms with E-state index >= 15 is 0 Å². The van der Waals surface area contributed by atoms with Crippen LogP contribution in [-0.4, -0.2) is 37.2 Å². The van der Waals surface area contributed by atoms with Gasteiger partial charge in [-0.2, -0.15) is 0 Å². The maximum absolute atomic E-state index is 12.8. The van der Waals surface area contributed by atoms with Crippen molar-refractivity contribution in [2.75, 3.05) is 13.2 Å². The molecule has 0 radical (unpaired) electrons. The second-order valence-corrected chi connectivity index (χ2v) is 17.0. The van der Waals surface area contributed by atoms with Gasteiger partial charge in [0.25, 0.3) is 0 Å². The number of allylic oxidation sites excluding steroid dienone is 14. The van der Waals surface area contributed by atoms with Crippen LogP contribution in [0.25, 0.3) is 0 Å². The number of unbranched alkanes of at least 4 members (excludes halogenated alkanes) is 21. The molecule has 0 saturated heterocycles. The van der Waals surface area contributed by atoms with Crippen molar-refractivity contribution in [3.8, 4) is 0 Å². The van der Waals surface area contributed by atoms with Gasteiger partial charge in [0.2, 0.25) is 0 Å². The second-order valence-electron chi connectivity index (χ2n) is 17.0. The highest BCUT2D eigenvalue weighted by molar-refractivity contribution is 5.71. The molecule has 1 atom stereocenters. The zero-order valence-electron chi connectivity index (χ0n) is 41.1. The molecule has 0 aliphatic heterocycles. The van der Waals surface area contributed by atoms with Gasteiger partial charge in [-0.3, -0.25) is 14.4 Å².